The van der Waals surface area contributed by atoms with Gasteiger partial charge in [-0.3, -0.25) is 9.59 Å². The molecule has 0 aromatic carbocycles. The topological polar surface area (TPSA) is 86.9 Å². The average molecular weight is 320 g/mol. The second-order valence-corrected chi connectivity index (χ2v) is 7.08. The summed E-state index contributed by atoms with van der Waals surface area (Å²) in [5.41, 5.74) is -0.910. The number of aromatic nitrogens is 2. The lowest BCUT2D eigenvalue weighted by atomic mass is 9.65. The quantitative estimate of drug-likeness (QED) is 0.745. The molecular weight excluding hydrogens is 292 g/mol. The van der Waals surface area contributed by atoms with Gasteiger partial charge in [0.05, 0.1) is 5.41 Å². The molecule has 0 saturated heterocycles. The maximum atomic E-state index is 12.8. The highest BCUT2D eigenvalue weighted by Gasteiger charge is 2.57. The summed E-state index contributed by atoms with van der Waals surface area (Å²) in [5.74, 6) is 0.829. The predicted molar refractivity (Wildman–Crippen MR) is 88.6 cm³/mol. The van der Waals surface area contributed by atoms with E-state index in [0.29, 0.717) is 19.5 Å². The molecule has 0 unspecified atom stereocenters. The number of nitrogens with one attached hydrogen (secondary N) is 3. The van der Waals surface area contributed by atoms with Crippen molar-refractivity contribution in [3.05, 3.63) is 18.2 Å². The SMILES string of the molecule is CCNC(=O)[C@H]1CC[C@@](C)(C(=O)NCCc2ncc[nH]2)C1(C)C. The molecule has 6 heteroatoms. The van der Waals surface area contributed by atoms with Crippen molar-refractivity contribution in [2.45, 2.75) is 47.0 Å². The van der Waals surface area contributed by atoms with Gasteiger partial charge in [0.25, 0.3) is 0 Å². The molecule has 1 saturated carbocycles. The van der Waals surface area contributed by atoms with E-state index >= 15 is 0 Å². The Morgan fingerprint density at radius 2 is 2.09 bits per heavy atom. The van der Waals surface area contributed by atoms with Crippen molar-refractivity contribution in [3.8, 4) is 0 Å². The Bertz CT molecular complexity index is 553. The van der Waals surface area contributed by atoms with Gasteiger partial charge in [-0.05, 0) is 25.2 Å². The van der Waals surface area contributed by atoms with Crippen molar-refractivity contribution in [2.24, 2.45) is 16.7 Å². The Labute approximate surface area is 137 Å². The Kier molecular flexibility index (Phi) is 5.12. The van der Waals surface area contributed by atoms with Gasteiger partial charge in [-0.1, -0.05) is 20.8 Å². The number of hydrogen-bond acceptors (Lipinski definition) is 3. The Morgan fingerprint density at radius 3 is 2.70 bits per heavy atom. The van der Waals surface area contributed by atoms with Gasteiger partial charge in [-0.25, -0.2) is 4.98 Å². The summed E-state index contributed by atoms with van der Waals surface area (Å²) in [5, 5.41) is 5.92. The molecule has 23 heavy (non-hydrogen) atoms. The van der Waals surface area contributed by atoms with Gasteiger partial charge in [0.15, 0.2) is 0 Å². The van der Waals surface area contributed by atoms with Gasteiger partial charge in [0.2, 0.25) is 11.8 Å². The van der Waals surface area contributed by atoms with Crippen LogP contribution in [0.5, 0.6) is 0 Å². The lowest BCUT2D eigenvalue weighted by Gasteiger charge is -2.39. The van der Waals surface area contributed by atoms with Gasteiger partial charge in [0.1, 0.15) is 5.82 Å². The van der Waals surface area contributed by atoms with E-state index in [9.17, 15) is 9.59 Å². The van der Waals surface area contributed by atoms with Gasteiger partial charge < -0.3 is 15.6 Å². The minimum absolute atomic E-state index is 0.0286. The van der Waals surface area contributed by atoms with Crippen molar-refractivity contribution in [2.75, 3.05) is 13.1 Å². The van der Waals surface area contributed by atoms with Gasteiger partial charge >= 0.3 is 0 Å². The summed E-state index contributed by atoms with van der Waals surface area (Å²) in [6.07, 6.45) is 5.63. The normalized spacial score (nSPS) is 26.0. The molecule has 6 nitrogen and oxygen atoms in total. The summed E-state index contributed by atoms with van der Waals surface area (Å²) in [6, 6.07) is 0. The van der Waals surface area contributed by atoms with Crippen LogP contribution in [-0.4, -0.2) is 34.9 Å². The van der Waals surface area contributed by atoms with Crippen molar-refractivity contribution < 1.29 is 9.59 Å². The van der Waals surface area contributed by atoms with E-state index in [1.165, 1.54) is 0 Å². The van der Waals surface area contributed by atoms with E-state index in [1.807, 2.05) is 27.7 Å². The lowest BCUT2D eigenvalue weighted by molar-refractivity contribution is -0.138. The lowest BCUT2D eigenvalue weighted by Crippen LogP contribution is -2.49. The van der Waals surface area contributed by atoms with Crippen LogP contribution in [0.1, 0.15) is 46.4 Å². The molecule has 1 aromatic rings. The van der Waals surface area contributed by atoms with E-state index < -0.39 is 5.41 Å². The molecule has 2 amide bonds. The standard InChI is InChI=1S/C17H28N4O2/c1-5-18-14(22)12-6-8-17(4,16(12,2)3)15(23)21-9-7-13-19-10-11-20-13/h10-12H,5-9H2,1-4H3,(H,18,22)(H,19,20)(H,21,23)/t12-,17+/m1/s1. The monoisotopic (exact) mass is 320 g/mol. The molecule has 2 atom stereocenters. The van der Waals surface area contributed by atoms with Crippen molar-refractivity contribution >= 4 is 11.8 Å². The predicted octanol–water partition coefficient (Wildman–Crippen LogP) is 1.65. The number of amides is 2. The number of H-pyrrole nitrogens is 1. The molecule has 0 spiro atoms. The molecule has 0 aliphatic heterocycles. The van der Waals surface area contributed by atoms with Crippen molar-refractivity contribution in [1.82, 2.24) is 20.6 Å². The summed E-state index contributed by atoms with van der Waals surface area (Å²) >= 11 is 0. The van der Waals surface area contributed by atoms with Crippen LogP contribution in [0.15, 0.2) is 12.4 Å². The van der Waals surface area contributed by atoms with Crippen LogP contribution in [0.2, 0.25) is 0 Å². The van der Waals surface area contributed by atoms with E-state index in [2.05, 4.69) is 20.6 Å². The second-order valence-electron chi connectivity index (χ2n) is 7.08. The van der Waals surface area contributed by atoms with Crippen molar-refractivity contribution in [3.63, 3.8) is 0 Å². The number of nitrogens with zero attached hydrogens (tertiary/aromatic N) is 1. The Morgan fingerprint density at radius 1 is 1.35 bits per heavy atom. The zero-order valence-electron chi connectivity index (χ0n) is 14.5. The van der Waals surface area contributed by atoms with Crippen LogP contribution in [0.25, 0.3) is 0 Å². The second kappa shape index (κ2) is 6.72. The Balaban J connectivity index is 1.99. The fourth-order valence-electron chi connectivity index (χ4n) is 3.59. The van der Waals surface area contributed by atoms with Crippen molar-refractivity contribution in [1.29, 1.82) is 0 Å². The van der Waals surface area contributed by atoms with E-state index in [4.69, 9.17) is 0 Å². The number of rotatable bonds is 6. The first kappa shape index (κ1) is 17.5. The maximum absolute atomic E-state index is 12.8. The summed E-state index contributed by atoms with van der Waals surface area (Å²) in [7, 11) is 0. The van der Waals surface area contributed by atoms with Crippen LogP contribution in [0.4, 0.5) is 0 Å². The highest BCUT2D eigenvalue weighted by atomic mass is 16.2. The molecule has 1 aliphatic rings. The number of imidazole rings is 1. The maximum Gasteiger partial charge on any atom is 0.226 e. The van der Waals surface area contributed by atoms with Crippen LogP contribution in [0, 0.1) is 16.7 Å². The average Bonchev–Trinajstić information content (AvgIpc) is 3.07. The van der Waals surface area contributed by atoms with Crippen LogP contribution in [0.3, 0.4) is 0 Å². The zero-order chi connectivity index (χ0) is 17.1. The van der Waals surface area contributed by atoms with Crippen LogP contribution >= 0.6 is 0 Å². The highest BCUT2D eigenvalue weighted by molar-refractivity contribution is 5.87. The summed E-state index contributed by atoms with van der Waals surface area (Å²) in [6.45, 7) is 9.13. The largest absolute Gasteiger partial charge is 0.356 e. The molecule has 0 radical (unpaired) electrons. The molecule has 1 aliphatic carbocycles. The van der Waals surface area contributed by atoms with E-state index in [1.54, 1.807) is 12.4 Å². The third kappa shape index (κ3) is 3.26. The minimum atomic E-state index is -0.536. The molecular formula is C17H28N4O2. The third-order valence-corrected chi connectivity index (χ3v) is 5.60. The first-order valence-corrected chi connectivity index (χ1v) is 8.37. The Hall–Kier alpha value is -1.85. The molecule has 1 heterocycles. The van der Waals surface area contributed by atoms with E-state index in [0.717, 1.165) is 18.7 Å². The zero-order valence-corrected chi connectivity index (χ0v) is 14.5. The minimum Gasteiger partial charge on any atom is -0.356 e. The molecule has 1 fully saturated rings. The number of carbonyl (C=O) groups excluding carboxylic acids is 2. The first-order chi connectivity index (χ1) is 10.8. The third-order valence-electron chi connectivity index (χ3n) is 5.60. The van der Waals surface area contributed by atoms with E-state index in [-0.39, 0.29) is 23.1 Å². The molecule has 1 aromatic heterocycles. The van der Waals surface area contributed by atoms with Gasteiger partial charge in [0, 0.05) is 37.8 Å². The summed E-state index contributed by atoms with van der Waals surface area (Å²) in [4.78, 5) is 32.2. The number of aromatic amines is 1. The highest BCUT2D eigenvalue weighted by Crippen LogP contribution is 2.56. The van der Waals surface area contributed by atoms with Gasteiger partial charge in [-0.15, -0.1) is 0 Å². The molecule has 0 bridgehead atoms. The fraction of sp³-hybridized carbons (Fsp3) is 0.706. The van der Waals surface area contributed by atoms with Gasteiger partial charge in [-0.2, -0.15) is 0 Å². The fourth-order valence-corrected chi connectivity index (χ4v) is 3.59. The number of hydrogen-bond donors (Lipinski definition) is 3. The molecule has 128 valence electrons. The summed E-state index contributed by atoms with van der Waals surface area (Å²) < 4.78 is 0. The van der Waals surface area contributed by atoms with Crippen LogP contribution < -0.4 is 10.6 Å². The molecule has 3 N–H and O–H groups in total. The smallest absolute Gasteiger partial charge is 0.226 e. The number of carbonyl (C=O) groups is 2. The molecule has 2 rings (SSSR count). The van der Waals surface area contributed by atoms with Crippen LogP contribution in [-0.2, 0) is 16.0 Å². The first-order valence-electron chi connectivity index (χ1n) is 8.37.